The van der Waals surface area contributed by atoms with Crippen molar-refractivity contribution in [1.82, 2.24) is 4.90 Å². The van der Waals surface area contributed by atoms with Crippen LogP contribution in [0.5, 0.6) is 0 Å². The second-order valence-corrected chi connectivity index (χ2v) is 6.60. The normalized spacial score (nSPS) is 18.8. The van der Waals surface area contributed by atoms with Crippen LogP contribution >= 0.6 is 0 Å². The van der Waals surface area contributed by atoms with Crippen molar-refractivity contribution < 1.29 is 4.79 Å². The monoisotopic (exact) mass is 306 g/mol. The summed E-state index contributed by atoms with van der Waals surface area (Å²) in [5.74, 6) is 0.178. The van der Waals surface area contributed by atoms with Gasteiger partial charge in [0.25, 0.3) is 5.91 Å². The highest BCUT2D eigenvalue weighted by Gasteiger charge is 2.45. The summed E-state index contributed by atoms with van der Waals surface area (Å²) >= 11 is 0. The number of hydrogen-bond donors (Lipinski definition) is 1. The second kappa shape index (κ2) is 5.73. The fourth-order valence-electron chi connectivity index (χ4n) is 3.99. The Morgan fingerprint density at radius 1 is 0.957 bits per heavy atom. The SMILES string of the molecule is O=C1c2ccccc2NC2(CCCC2)N1CCc1ccccc1. The molecule has 23 heavy (non-hydrogen) atoms. The maximum atomic E-state index is 13.1. The fourth-order valence-corrected chi connectivity index (χ4v) is 3.99. The minimum atomic E-state index is -0.180. The molecule has 1 aliphatic carbocycles. The van der Waals surface area contributed by atoms with Crippen LogP contribution in [0.3, 0.4) is 0 Å². The van der Waals surface area contributed by atoms with Crippen molar-refractivity contribution in [1.29, 1.82) is 0 Å². The van der Waals surface area contributed by atoms with Gasteiger partial charge in [0.15, 0.2) is 0 Å². The number of amides is 1. The van der Waals surface area contributed by atoms with Crippen LogP contribution in [-0.4, -0.2) is 23.0 Å². The highest BCUT2D eigenvalue weighted by atomic mass is 16.2. The third-order valence-electron chi connectivity index (χ3n) is 5.18. The summed E-state index contributed by atoms with van der Waals surface area (Å²) < 4.78 is 0. The van der Waals surface area contributed by atoms with Gasteiger partial charge >= 0.3 is 0 Å². The molecule has 2 aliphatic rings. The molecule has 4 rings (SSSR count). The summed E-state index contributed by atoms with van der Waals surface area (Å²) in [6.45, 7) is 0.768. The lowest BCUT2D eigenvalue weighted by atomic mass is 9.97. The van der Waals surface area contributed by atoms with Gasteiger partial charge in [-0.15, -0.1) is 0 Å². The summed E-state index contributed by atoms with van der Waals surface area (Å²) in [7, 11) is 0. The van der Waals surface area contributed by atoms with Crippen molar-refractivity contribution in [3.05, 3.63) is 65.7 Å². The Labute approximate surface area is 137 Å². The van der Waals surface area contributed by atoms with Gasteiger partial charge in [-0.25, -0.2) is 0 Å². The van der Waals surface area contributed by atoms with E-state index in [0.717, 1.165) is 37.1 Å². The second-order valence-electron chi connectivity index (χ2n) is 6.60. The third kappa shape index (κ3) is 2.50. The highest BCUT2D eigenvalue weighted by molar-refractivity contribution is 6.02. The van der Waals surface area contributed by atoms with Crippen LogP contribution in [-0.2, 0) is 6.42 Å². The lowest BCUT2D eigenvalue weighted by Gasteiger charge is -2.46. The average Bonchev–Trinajstić information content (AvgIpc) is 3.04. The quantitative estimate of drug-likeness (QED) is 0.927. The van der Waals surface area contributed by atoms with Crippen LogP contribution in [0.15, 0.2) is 54.6 Å². The van der Waals surface area contributed by atoms with E-state index in [-0.39, 0.29) is 11.6 Å². The molecule has 3 heteroatoms. The molecular formula is C20H22N2O. The van der Waals surface area contributed by atoms with Gasteiger partial charge in [-0.2, -0.15) is 0 Å². The van der Waals surface area contributed by atoms with Crippen molar-refractivity contribution in [2.75, 3.05) is 11.9 Å². The Kier molecular flexibility index (Phi) is 3.56. The molecule has 1 heterocycles. The van der Waals surface area contributed by atoms with Crippen LogP contribution < -0.4 is 5.32 Å². The van der Waals surface area contributed by atoms with Crippen molar-refractivity contribution >= 4 is 11.6 Å². The van der Waals surface area contributed by atoms with E-state index < -0.39 is 0 Å². The van der Waals surface area contributed by atoms with E-state index in [0.29, 0.717) is 0 Å². The largest absolute Gasteiger partial charge is 0.362 e. The Bertz CT molecular complexity index is 705. The lowest BCUT2D eigenvalue weighted by Crippen LogP contribution is -2.58. The molecule has 0 bridgehead atoms. The van der Waals surface area contributed by atoms with Gasteiger partial charge in [0, 0.05) is 12.2 Å². The van der Waals surface area contributed by atoms with Gasteiger partial charge in [0.2, 0.25) is 0 Å². The Morgan fingerprint density at radius 2 is 1.65 bits per heavy atom. The number of fused-ring (bicyclic) bond motifs is 1. The first kappa shape index (κ1) is 14.3. The smallest absolute Gasteiger partial charge is 0.257 e. The molecule has 0 unspecified atom stereocenters. The Morgan fingerprint density at radius 3 is 2.43 bits per heavy atom. The van der Waals surface area contributed by atoms with Crippen molar-refractivity contribution in [2.24, 2.45) is 0 Å². The number of anilines is 1. The maximum Gasteiger partial charge on any atom is 0.257 e. The maximum absolute atomic E-state index is 13.1. The summed E-state index contributed by atoms with van der Waals surface area (Å²) in [6.07, 6.45) is 5.36. The summed E-state index contributed by atoms with van der Waals surface area (Å²) in [4.78, 5) is 15.2. The van der Waals surface area contributed by atoms with Crippen LogP contribution in [0.4, 0.5) is 5.69 Å². The molecule has 1 aliphatic heterocycles. The van der Waals surface area contributed by atoms with E-state index in [1.807, 2.05) is 30.3 Å². The van der Waals surface area contributed by atoms with Gasteiger partial charge in [0.05, 0.1) is 5.56 Å². The number of nitrogens with one attached hydrogen (secondary N) is 1. The van der Waals surface area contributed by atoms with Gasteiger partial charge < -0.3 is 10.2 Å². The topological polar surface area (TPSA) is 32.3 Å². The Balaban J connectivity index is 1.64. The number of hydrogen-bond acceptors (Lipinski definition) is 2. The van der Waals surface area contributed by atoms with Gasteiger partial charge in [-0.05, 0) is 49.8 Å². The molecule has 0 atom stereocenters. The van der Waals surface area contributed by atoms with Crippen molar-refractivity contribution in [2.45, 2.75) is 37.8 Å². The average molecular weight is 306 g/mol. The zero-order chi connectivity index (χ0) is 15.7. The number of rotatable bonds is 3. The molecule has 118 valence electrons. The molecule has 0 aromatic heterocycles. The zero-order valence-electron chi connectivity index (χ0n) is 13.3. The first-order valence-electron chi connectivity index (χ1n) is 8.52. The number of carbonyl (C=O) groups is 1. The standard InChI is InChI=1S/C20H22N2O/c23-19-17-10-4-5-11-18(17)21-20(13-6-7-14-20)22(19)15-12-16-8-2-1-3-9-16/h1-5,8-11,21H,6-7,12-15H2. The van der Waals surface area contributed by atoms with Gasteiger partial charge in [-0.1, -0.05) is 42.5 Å². The number of para-hydroxylation sites is 1. The summed E-state index contributed by atoms with van der Waals surface area (Å²) in [6, 6.07) is 18.3. The van der Waals surface area contributed by atoms with Crippen molar-refractivity contribution in [3.63, 3.8) is 0 Å². The summed E-state index contributed by atoms with van der Waals surface area (Å²) in [5, 5.41) is 3.69. The predicted molar refractivity (Wildman–Crippen MR) is 92.4 cm³/mol. The van der Waals surface area contributed by atoms with E-state index >= 15 is 0 Å². The Hall–Kier alpha value is -2.29. The predicted octanol–water partition coefficient (Wildman–Crippen LogP) is 4.07. The first-order valence-corrected chi connectivity index (χ1v) is 8.52. The molecule has 0 radical (unpaired) electrons. The number of carbonyl (C=O) groups excluding carboxylic acids is 1. The molecule has 1 amide bonds. The molecular weight excluding hydrogens is 284 g/mol. The van der Waals surface area contributed by atoms with Crippen LogP contribution in [0.2, 0.25) is 0 Å². The van der Waals surface area contributed by atoms with E-state index in [1.165, 1.54) is 18.4 Å². The van der Waals surface area contributed by atoms with E-state index in [4.69, 9.17) is 0 Å². The third-order valence-corrected chi connectivity index (χ3v) is 5.18. The van der Waals surface area contributed by atoms with Crippen LogP contribution in [0, 0.1) is 0 Å². The van der Waals surface area contributed by atoms with Gasteiger partial charge in [-0.3, -0.25) is 4.79 Å². The molecule has 1 N–H and O–H groups in total. The number of nitrogens with zero attached hydrogens (tertiary/aromatic N) is 1. The van der Waals surface area contributed by atoms with E-state index in [9.17, 15) is 4.79 Å². The van der Waals surface area contributed by atoms with Crippen LogP contribution in [0.25, 0.3) is 0 Å². The molecule has 1 saturated carbocycles. The minimum absolute atomic E-state index is 0.178. The van der Waals surface area contributed by atoms with E-state index in [2.05, 4.69) is 34.5 Å². The minimum Gasteiger partial charge on any atom is -0.362 e. The zero-order valence-corrected chi connectivity index (χ0v) is 13.3. The first-order chi connectivity index (χ1) is 11.3. The molecule has 0 saturated heterocycles. The lowest BCUT2D eigenvalue weighted by molar-refractivity contribution is 0.0521. The molecule has 2 aromatic carbocycles. The molecule has 2 aromatic rings. The summed E-state index contributed by atoms with van der Waals surface area (Å²) in [5.41, 5.74) is 2.90. The molecule has 3 nitrogen and oxygen atoms in total. The highest BCUT2D eigenvalue weighted by Crippen LogP contribution is 2.41. The van der Waals surface area contributed by atoms with Crippen molar-refractivity contribution in [3.8, 4) is 0 Å². The van der Waals surface area contributed by atoms with E-state index in [1.54, 1.807) is 0 Å². The van der Waals surface area contributed by atoms with Gasteiger partial charge in [0.1, 0.15) is 5.66 Å². The van der Waals surface area contributed by atoms with Crippen LogP contribution in [0.1, 0.15) is 41.6 Å². The number of benzene rings is 2. The fraction of sp³-hybridized carbons (Fsp3) is 0.350. The molecule has 1 spiro atoms. The molecule has 1 fully saturated rings.